The minimum absolute atomic E-state index is 0.0237. The van der Waals surface area contributed by atoms with E-state index in [1.807, 2.05) is 32.0 Å². The van der Waals surface area contributed by atoms with Crippen LogP contribution in [0.2, 0.25) is 0 Å². The molecule has 0 bridgehead atoms. The van der Waals surface area contributed by atoms with Gasteiger partial charge in [0.1, 0.15) is 17.3 Å². The highest BCUT2D eigenvalue weighted by Gasteiger charge is 2.38. The molecule has 3 aromatic carbocycles. The number of aromatic hydroxyl groups is 1. The monoisotopic (exact) mass is 516 g/mol. The Morgan fingerprint density at radius 3 is 2.49 bits per heavy atom. The molecule has 0 saturated heterocycles. The third kappa shape index (κ3) is 5.58. The lowest BCUT2D eigenvalue weighted by Crippen LogP contribution is -2.11. The Morgan fingerprint density at radius 2 is 1.84 bits per heavy atom. The van der Waals surface area contributed by atoms with E-state index in [2.05, 4.69) is 4.74 Å². The Bertz CT molecular complexity index is 1300. The van der Waals surface area contributed by atoms with E-state index in [4.69, 9.17) is 4.74 Å². The van der Waals surface area contributed by atoms with Gasteiger partial charge in [-0.1, -0.05) is 31.2 Å². The van der Waals surface area contributed by atoms with Crippen LogP contribution < -0.4 is 4.74 Å². The van der Waals surface area contributed by atoms with Crippen LogP contribution in [0.1, 0.15) is 59.4 Å². The quantitative estimate of drug-likeness (QED) is 0.293. The van der Waals surface area contributed by atoms with Crippen molar-refractivity contribution in [1.29, 1.82) is 0 Å². The Hall–Kier alpha value is -3.55. The summed E-state index contributed by atoms with van der Waals surface area (Å²) in [4.78, 5) is 11.2. The maximum Gasteiger partial charge on any atom is 0.417 e. The van der Waals surface area contributed by atoms with Gasteiger partial charge < -0.3 is 14.6 Å². The number of hydrogen-bond acceptors (Lipinski definition) is 4. The summed E-state index contributed by atoms with van der Waals surface area (Å²) in [6.07, 6.45) is -3.17. The van der Waals surface area contributed by atoms with E-state index in [0.717, 1.165) is 11.3 Å². The number of ether oxygens (including phenoxy) is 2. The van der Waals surface area contributed by atoms with Crippen LogP contribution in [0.4, 0.5) is 17.6 Å². The van der Waals surface area contributed by atoms with Crippen LogP contribution in [0.3, 0.4) is 0 Å². The van der Waals surface area contributed by atoms with Gasteiger partial charge in [-0.05, 0) is 77.8 Å². The molecule has 0 saturated carbocycles. The number of phenolic OH excluding ortho intramolecular Hbond substituents is 1. The van der Waals surface area contributed by atoms with Gasteiger partial charge in [0.2, 0.25) is 0 Å². The molecule has 2 aliphatic rings. The van der Waals surface area contributed by atoms with E-state index in [1.54, 1.807) is 0 Å². The zero-order chi connectivity index (χ0) is 26.9. The number of esters is 1. The fourth-order valence-electron chi connectivity index (χ4n) is 5.03. The fraction of sp³-hybridized carbons (Fsp3) is 0.345. The topological polar surface area (TPSA) is 55.8 Å². The van der Waals surface area contributed by atoms with Gasteiger partial charge in [0.25, 0.3) is 0 Å². The number of hydrogen-bond donors (Lipinski definition) is 1. The summed E-state index contributed by atoms with van der Waals surface area (Å²) in [7, 11) is 1.41. The molecule has 0 fully saturated rings. The van der Waals surface area contributed by atoms with Crippen LogP contribution in [0, 0.1) is 12.7 Å². The molecule has 0 amide bonds. The van der Waals surface area contributed by atoms with Crippen LogP contribution in [-0.2, 0) is 22.1 Å². The number of aryl methyl sites for hydroxylation is 1. The van der Waals surface area contributed by atoms with Crippen molar-refractivity contribution in [3.63, 3.8) is 0 Å². The number of rotatable bonds is 3. The lowest BCUT2D eigenvalue weighted by atomic mass is 9.90. The maximum absolute atomic E-state index is 14.2. The lowest BCUT2D eigenvalue weighted by molar-refractivity contribution is -0.141. The van der Waals surface area contributed by atoms with Crippen LogP contribution in [0.25, 0.3) is 11.1 Å². The molecule has 37 heavy (non-hydrogen) atoms. The zero-order valence-electron chi connectivity index (χ0n) is 20.8. The largest absolute Gasteiger partial charge is 0.508 e. The summed E-state index contributed by atoms with van der Waals surface area (Å²) < 4.78 is 64.4. The normalized spacial score (nSPS) is 17.8. The van der Waals surface area contributed by atoms with Crippen molar-refractivity contribution in [3.8, 4) is 22.6 Å². The molecule has 0 radical (unpaired) electrons. The number of carbonyl (C=O) groups excluding carboxylic acids is 1. The number of alkyl halides is 3. The number of methoxy groups -OCH3 is 1. The van der Waals surface area contributed by atoms with Gasteiger partial charge in [-0.15, -0.1) is 0 Å². The summed E-state index contributed by atoms with van der Waals surface area (Å²) in [5, 5.41) is 9.33. The van der Waals surface area contributed by atoms with E-state index < -0.39 is 17.6 Å². The molecule has 1 N–H and O–H groups in total. The minimum Gasteiger partial charge on any atom is -0.508 e. The summed E-state index contributed by atoms with van der Waals surface area (Å²) in [6, 6.07) is 12.2. The molecule has 0 spiro atoms. The van der Waals surface area contributed by atoms with Crippen molar-refractivity contribution < 1.29 is 36.9 Å². The second kappa shape index (κ2) is 10.4. The minimum atomic E-state index is -4.63. The van der Waals surface area contributed by atoms with Gasteiger partial charge in [-0.2, -0.15) is 13.2 Å². The predicted octanol–water partition coefficient (Wildman–Crippen LogP) is 7.30. The van der Waals surface area contributed by atoms with Crippen LogP contribution in [0.15, 0.2) is 48.5 Å². The first kappa shape index (κ1) is 26.5. The molecule has 3 aromatic rings. The van der Waals surface area contributed by atoms with Crippen molar-refractivity contribution in [2.24, 2.45) is 0 Å². The number of halogens is 4. The van der Waals surface area contributed by atoms with Gasteiger partial charge in [-0.3, -0.25) is 4.79 Å². The Kier molecular flexibility index (Phi) is 7.48. The third-order valence-electron chi connectivity index (χ3n) is 6.90. The number of carbonyl (C=O) groups is 1. The number of phenols is 1. The van der Waals surface area contributed by atoms with E-state index in [1.165, 1.54) is 36.9 Å². The van der Waals surface area contributed by atoms with Crippen molar-refractivity contribution in [2.45, 2.75) is 51.1 Å². The molecule has 2 atom stereocenters. The number of benzene rings is 3. The molecule has 8 heteroatoms. The molecule has 1 heterocycles. The SMILES string of the molecule is COC(=O)C[C@@H]1COc2cc(C)ccc21.C[C@@H]1CCc2c(-c3ccc(O)cc3)c(C(F)(F)F)cc(F)c21. The summed E-state index contributed by atoms with van der Waals surface area (Å²) in [6.45, 7) is 4.42. The fourth-order valence-corrected chi connectivity index (χ4v) is 5.03. The van der Waals surface area contributed by atoms with Gasteiger partial charge in [0.05, 0.1) is 25.7 Å². The molecule has 5 rings (SSSR count). The molecule has 1 aliphatic heterocycles. The first-order chi connectivity index (χ1) is 17.5. The molecule has 0 unspecified atom stereocenters. The molecular weight excluding hydrogens is 488 g/mol. The zero-order valence-corrected chi connectivity index (χ0v) is 20.8. The average Bonchev–Trinajstić information content (AvgIpc) is 3.43. The van der Waals surface area contributed by atoms with Gasteiger partial charge in [0.15, 0.2) is 0 Å². The summed E-state index contributed by atoms with van der Waals surface area (Å²) >= 11 is 0. The molecule has 0 aromatic heterocycles. The van der Waals surface area contributed by atoms with Crippen LogP contribution >= 0.6 is 0 Å². The van der Waals surface area contributed by atoms with Crippen LogP contribution in [0.5, 0.6) is 11.5 Å². The van der Waals surface area contributed by atoms with Crippen molar-refractivity contribution >= 4 is 5.97 Å². The number of fused-ring (bicyclic) bond motifs is 2. The van der Waals surface area contributed by atoms with Crippen molar-refractivity contribution in [1.82, 2.24) is 0 Å². The van der Waals surface area contributed by atoms with Crippen LogP contribution in [-0.4, -0.2) is 24.8 Å². The highest BCUT2D eigenvalue weighted by molar-refractivity contribution is 5.75. The predicted molar refractivity (Wildman–Crippen MR) is 131 cm³/mol. The van der Waals surface area contributed by atoms with E-state index in [9.17, 15) is 27.5 Å². The van der Waals surface area contributed by atoms with Gasteiger partial charge in [0, 0.05) is 11.5 Å². The van der Waals surface area contributed by atoms with Gasteiger partial charge in [-0.25, -0.2) is 4.39 Å². The Morgan fingerprint density at radius 1 is 1.14 bits per heavy atom. The Labute approximate surface area is 212 Å². The molecule has 196 valence electrons. The summed E-state index contributed by atoms with van der Waals surface area (Å²) in [5.74, 6) is -0.0265. The van der Waals surface area contributed by atoms with Crippen molar-refractivity contribution in [3.05, 3.63) is 82.2 Å². The molecular formula is C29H28F4O4. The molecule has 1 aliphatic carbocycles. The third-order valence-corrected chi connectivity index (χ3v) is 6.90. The maximum atomic E-state index is 14.2. The first-order valence-electron chi connectivity index (χ1n) is 12.0. The second-order valence-corrected chi connectivity index (χ2v) is 9.49. The standard InChI is InChI=1S/C17H14F4O.C12H14O3/c1-9-2-7-12-15(9)14(18)8-13(17(19,20)21)16(12)10-3-5-11(22)6-4-10;1-8-3-4-10-9(6-12(13)14-2)7-15-11(10)5-8/h3-6,8-9,22H,2,7H2,1H3;3-5,9H,6-7H2,1-2H3/t2*9-/m11/s1. The second-order valence-electron chi connectivity index (χ2n) is 9.49. The Balaban J connectivity index is 0.000000186. The average molecular weight is 517 g/mol. The lowest BCUT2D eigenvalue weighted by Gasteiger charge is -2.19. The van der Waals surface area contributed by atoms with E-state index in [-0.39, 0.29) is 29.1 Å². The molecule has 4 nitrogen and oxygen atoms in total. The first-order valence-corrected chi connectivity index (χ1v) is 12.0. The van der Waals surface area contributed by atoms with Crippen molar-refractivity contribution in [2.75, 3.05) is 13.7 Å². The smallest absolute Gasteiger partial charge is 0.417 e. The summed E-state index contributed by atoms with van der Waals surface area (Å²) in [5.41, 5.74) is 2.53. The highest BCUT2D eigenvalue weighted by Crippen LogP contribution is 2.47. The van der Waals surface area contributed by atoms with Gasteiger partial charge >= 0.3 is 12.1 Å². The van der Waals surface area contributed by atoms with E-state index >= 15 is 0 Å². The highest BCUT2D eigenvalue weighted by atomic mass is 19.4. The van der Waals surface area contributed by atoms with E-state index in [0.29, 0.717) is 48.6 Å².